The molecule has 0 spiro atoms. The van der Waals surface area contributed by atoms with Gasteiger partial charge in [-0.2, -0.15) is 18.4 Å². The number of nitrogens with zero attached hydrogens (tertiary/aromatic N) is 6. The molecule has 0 bridgehead atoms. The molecule has 10 nitrogen and oxygen atoms in total. The second-order valence-electron chi connectivity index (χ2n) is 10.8. The van der Waals surface area contributed by atoms with Gasteiger partial charge >= 0.3 is 12.1 Å². The largest absolute Gasteiger partial charge is 0.493 e. The number of alkyl halides is 3. The van der Waals surface area contributed by atoms with E-state index in [4.69, 9.17) is 10.00 Å². The van der Waals surface area contributed by atoms with E-state index in [1.165, 1.54) is 12.1 Å². The summed E-state index contributed by atoms with van der Waals surface area (Å²) in [4.78, 5) is 46.9. The number of halogens is 3. The summed E-state index contributed by atoms with van der Waals surface area (Å²) in [5.74, 6) is -3.05. The quantitative estimate of drug-likeness (QED) is 0.268. The number of benzene rings is 2. The smallest absolute Gasteiger partial charge is 0.379 e. The number of fused-ring (bicyclic) bond motifs is 1. The van der Waals surface area contributed by atoms with Crippen molar-refractivity contribution in [2.24, 2.45) is 0 Å². The number of carbonyl (C=O) groups is 2. The average molecular weight is 649 g/mol. The van der Waals surface area contributed by atoms with Crippen LogP contribution in [0.4, 0.5) is 18.3 Å². The highest BCUT2D eigenvalue weighted by atomic mass is 32.1. The van der Waals surface area contributed by atoms with Gasteiger partial charge in [-0.1, -0.05) is 35.6 Å². The number of carbonyl (C=O) groups excluding carboxylic acids is 2. The molecule has 1 aliphatic heterocycles. The van der Waals surface area contributed by atoms with Crippen LogP contribution in [0.25, 0.3) is 11.3 Å². The predicted octanol–water partition coefficient (Wildman–Crippen LogP) is 4.92. The number of anilines is 1. The number of hydrogen-bond acceptors (Lipinski definition) is 10. The SMILES string of the molecule is N#Cc1ccc(-c2ccnc(Cc3cccc(C(=O)N(OC(=O)C(F)(F)F)c4nc5c(s4)C[C@@H](N4CCOCC4)CC5)c3)n2)cc1. The molecule has 2 aliphatic rings. The van der Waals surface area contributed by atoms with Crippen molar-refractivity contribution in [2.75, 3.05) is 31.4 Å². The van der Waals surface area contributed by atoms with E-state index in [1.54, 1.807) is 48.7 Å². The van der Waals surface area contributed by atoms with Gasteiger partial charge in [0.05, 0.1) is 36.2 Å². The van der Waals surface area contributed by atoms with Crippen LogP contribution in [-0.4, -0.2) is 70.2 Å². The van der Waals surface area contributed by atoms with E-state index in [1.807, 2.05) is 0 Å². The third kappa shape index (κ3) is 7.07. The molecule has 0 saturated carbocycles. The Morgan fingerprint density at radius 1 is 1.11 bits per heavy atom. The number of hydrogen-bond donors (Lipinski definition) is 0. The van der Waals surface area contributed by atoms with Crippen LogP contribution in [0.15, 0.2) is 60.8 Å². The molecule has 14 heteroatoms. The predicted molar refractivity (Wildman–Crippen MR) is 161 cm³/mol. The number of amides is 1. The maximum atomic E-state index is 13.7. The molecule has 236 valence electrons. The summed E-state index contributed by atoms with van der Waals surface area (Å²) in [5.41, 5.74) is 3.22. The number of rotatable bonds is 6. The second kappa shape index (κ2) is 13.3. The first-order valence-corrected chi connectivity index (χ1v) is 15.3. The molecule has 0 N–H and O–H groups in total. The van der Waals surface area contributed by atoms with Crippen molar-refractivity contribution in [3.05, 3.63) is 93.9 Å². The Morgan fingerprint density at radius 2 is 1.89 bits per heavy atom. The Kier molecular flexibility index (Phi) is 9.07. The van der Waals surface area contributed by atoms with Gasteiger partial charge in [-0.05, 0) is 55.2 Å². The molecule has 3 heterocycles. The third-order valence-corrected chi connectivity index (χ3v) is 8.87. The van der Waals surface area contributed by atoms with Crippen molar-refractivity contribution >= 4 is 28.3 Å². The highest BCUT2D eigenvalue weighted by Gasteiger charge is 2.44. The fraction of sp³-hybridized carbons (Fsp3) is 0.312. The lowest BCUT2D eigenvalue weighted by Gasteiger charge is -2.36. The van der Waals surface area contributed by atoms with Crippen LogP contribution in [0.3, 0.4) is 0 Å². The highest BCUT2D eigenvalue weighted by Crippen LogP contribution is 2.35. The van der Waals surface area contributed by atoms with Crippen LogP contribution in [-0.2, 0) is 33.6 Å². The molecule has 1 aliphatic carbocycles. The lowest BCUT2D eigenvalue weighted by atomic mass is 9.96. The maximum Gasteiger partial charge on any atom is 0.493 e. The van der Waals surface area contributed by atoms with Gasteiger partial charge in [0.2, 0.25) is 5.13 Å². The van der Waals surface area contributed by atoms with Crippen LogP contribution in [0.1, 0.15) is 44.3 Å². The lowest BCUT2D eigenvalue weighted by molar-refractivity contribution is -0.199. The number of hydroxylamine groups is 1. The second-order valence-corrected chi connectivity index (χ2v) is 11.9. The van der Waals surface area contributed by atoms with Crippen LogP contribution in [0.2, 0.25) is 0 Å². The zero-order valence-electron chi connectivity index (χ0n) is 24.4. The van der Waals surface area contributed by atoms with E-state index < -0.39 is 18.1 Å². The fourth-order valence-electron chi connectivity index (χ4n) is 5.46. The van der Waals surface area contributed by atoms with Gasteiger partial charge in [-0.25, -0.2) is 19.7 Å². The van der Waals surface area contributed by atoms with E-state index in [-0.39, 0.29) is 23.2 Å². The summed E-state index contributed by atoms with van der Waals surface area (Å²) < 4.78 is 45.4. The first-order valence-electron chi connectivity index (χ1n) is 14.5. The number of aryl methyl sites for hydroxylation is 1. The summed E-state index contributed by atoms with van der Waals surface area (Å²) in [6.45, 7) is 2.86. The van der Waals surface area contributed by atoms with Gasteiger partial charge < -0.3 is 9.57 Å². The Labute approximate surface area is 266 Å². The molecular weight excluding hydrogens is 621 g/mol. The molecule has 1 fully saturated rings. The standard InChI is InChI=1S/C32H27F3N6O4S/c33-32(34,35)30(43)45-41(31-39-26-9-8-24(18-27(26)46-31)40-12-14-44-15-13-40)29(42)23-3-1-2-21(16-23)17-28-37-11-10-25(38-28)22-6-4-20(19-36)5-7-22/h1-7,10-11,16,24H,8-9,12-15,17-18H2/t24-/m0/s1. The lowest BCUT2D eigenvalue weighted by Crippen LogP contribution is -2.45. The van der Waals surface area contributed by atoms with Crippen molar-refractivity contribution < 1.29 is 32.3 Å². The number of morpholine rings is 1. The Balaban J connectivity index is 1.24. The zero-order valence-corrected chi connectivity index (χ0v) is 25.2. The normalized spacial score (nSPS) is 16.7. The molecule has 0 radical (unpaired) electrons. The van der Waals surface area contributed by atoms with E-state index in [2.05, 4.69) is 30.8 Å². The van der Waals surface area contributed by atoms with Gasteiger partial charge in [-0.15, -0.1) is 5.06 Å². The van der Waals surface area contributed by atoms with Crippen molar-refractivity contribution in [1.29, 1.82) is 5.26 Å². The topological polar surface area (TPSA) is 122 Å². The van der Waals surface area contributed by atoms with Crippen molar-refractivity contribution in [2.45, 2.75) is 37.9 Å². The molecule has 1 saturated heterocycles. The summed E-state index contributed by atoms with van der Waals surface area (Å²) in [7, 11) is 0. The fourth-order valence-corrected chi connectivity index (χ4v) is 6.58. The van der Waals surface area contributed by atoms with E-state index in [0.29, 0.717) is 59.5 Å². The molecule has 1 amide bonds. The van der Waals surface area contributed by atoms with Crippen molar-refractivity contribution in [1.82, 2.24) is 19.9 Å². The average Bonchev–Trinajstić information content (AvgIpc) is 3.50. The van der Waals surface area contributed by atoms with E-state index in [9.17, 15) is 22.8 Å². The van der Waals surface area contributed by atoms with Crippen LogP contribution in [0.5, 0.6) is 0 Å². The van der Waals surface area contributed by atoms with Gasteiger partial charge in [-0.3, -0.25) is 9.69 Å². The number of nitriles is 1. The van der Waals surface area contributed by atoms with Crippen molar-refractivity contribution in [3.8, 4) is 17.3 Å². The minimum Gasteiger partial charge on any atom is -0.379 e. The van der Waals surface area contributed by atoms with Crippen LogP contribution in [0, 0.1) is 11.3 Å². The Morgan fingerprint density at radius 3 is 2.63 bits per heavy atom. The van der Waals surface area contributed by atoms with Gasteiger partial charge in [0.1, 0.15) is 5.82 Å². The summed E-state index contributed by atoms with van der Waals surface area (Å²) in [6, 6.07) is 17.2. The van der Waals surface area contributed by atoms with Crippen LogP contribution < -0.4 is 5.06 Å². The first kappa shape index (κ1) is 31.3. The van der Waals surface area contributed by atoms with Gasteiger partial charge in [0.25, 0.3) is 5.91 Å². The van der Waals surface area contributed by atoms with Gasteiger partial charge in [0, 0.05) is 47.8 Å². The Hall–Kier alpha value is -4.71. The highest BCUT2D eigenvalue weighted by molar-refractivity contribution is 7.15. The third-order valence-electron chi connectivity index (χ3n) is 7.78. The molecule has 2 aromatic heterocycles. The molecule has 4 aromatic rings. The summed E-state index contributed by atoms with van der Waals surface area (Å²) >= 11 is 1.05. The molecular formula is C32H27F3N6O4S. The molecule has 6 rings (SSSR count). The monoisotopic (exact) mass is 648 g/mol. The summed E-state index contributed by atoms with van der Waals surface area (Å²) in [5, 5.41) is 9.27. The van der Waals surface area contributed by atoms with E-state index >= 15 is 0 Å². The van der Waals surface area contributed by atoms with E-state index in [0.717, 1.165) is 41.3 Å². The maximum absolute atomic E-state index is 13.7. The van der Waals surface area contributed by atoms with Crippen LogP contribution >= 0.6 is 11.3 Å². The molecule has 0 unspecified atom stereocenters. The minimum atomic E-state index is -5.32. The zero-order chi connectivity index (χ0) is 32.3. The number of ether oxygens (including phenoxy) is 1. The van der Waals surface area contributed by atoms with Crippen molar-refractivity contribution in [3.63, 3.8) is 0 Å². The number of thiazole rings is 1. The molecule has 46 heavy (non-hydrogen) atoms. The molecule has 1 atom stereocenters. The number of aromatic nitrogens is 3. The molecule has 2 aromatic carbocycles. The van der Waals surface area contributed by atoms with Gasteiger partial charge in [0.15, 0.2) is 0 Å². The Bertz CT molecular complexity index is 1780. The first-order chi connectivity index (χ1) is 22.2. The minimum absolute atomic E-state index is 0.00455. The summed E-state index contributed by atoms with van der Waals surface area (Å²) in [6.07, 6.45) is -1.50.